The van der Waals surface area contributed by atoms with Gasteiger partial charge in [-0.1, -0.05) is 49.0 Å². The largest absolute Gasteiger partial charge is 0.317 e. The van der Waals surface area contributed by atoms with E-state index < -0.39 is 11.6 Å². The van der Waals surface area contributed by atoms with Crippen LogP contribution in [0.4, 0.5) is 8.78 Å². The number of allylic oxidation sites excluding steroid dienone is 1. The zero-order valence-corrected chi connectivity index (χ0v) is 17.6. The van der Waals surface area contributed by atoms with Gasteiger partial charge in [-0.2, -0.15) is 0 Å². The van der Waals surface area contributed by atoms with Gasteiger partial charge in [-0.15, -0.1) is 0 Å². The molecule has 0 radical (unpaired) electrons. The van der Waals surface area contributed by atoms with Crippen LogP contribution in [0.3, 0.4) is 0 Å². The molecule has 0 atom stereocenters. The minimum absolute atomic E-state index is 0.121. The van der Waals surface area contributed by atoms with Gasteiger partial charge in [0, 0.05) is 43.1 Å². The monoisotopic (exact) mass is 429 g/mol. The van der Waals surface area contributed by atoms with E-state index in [0.717, 1.165) is 33.7 Å². The summed E-state index contributed by atoms with van der Waals surface area (Å²) in [6.07, 6.45) is 3.34. The molecule has 1 aromatic heterocycles. The molecular formula is C27H21F2NO2. The molecule has 0 saturated heterocycles. The molecule has 0 aliphatic heterocycles. The molecule has 0 spiro atoms. The lowest BCUT2D eigenvalue weighted by atomic mass is 9.87. The summed E-state index contributed by atoms with van der Waals surface area (Å²) in [7, 11) is 1.68. The van der Waals surface area contributed by atoms with Crippen LogP contribution in [0.5, 0.6) is 0 Å². The Bertz CT molecular complexity index is 1420. The summed E-state index contributed by atoms with van der Waals surface area (Å²) in [5.74, 6) is -1.42. The fourth-order valence-corrected chi connectivity index (χ4v) is 4.04. The van der Waals surface area contributed by atoms with E-state index in [4.69, 9.17) is 0 Å². The Hall–Kier alpha value is -3.86. The normalized spacial score (nSPS) is 11.0. The Labute approximate surface area is 184 Å². The highest BCUT2D eigenvalue weighted by Crippen LogP contribution is 2.34. The third kappa shape index (κ3) is 4.02. The summed E-state index contributed by atoms with van der Waals surface area (Å²) in [6, 6.07) is 16.3. The second-order valence-corrected chi connectivity index (χ2v) is 7.72. The smallest absolute Gasteiger partial charge is 0.258 e. The van der Waals surface area contributed by atoms with E-state index in [0.29, 0.717) is 10.9 Å². The first-order chi connectivity index (χ1) is 15.4. The highest BCUT2D eigenvalue weighted by molar-refractivity contribution is 5.99. The molecule has 0 aliphatic carbocycles. The van der Waals surface area contributed by atoms with Gasteiger partial charge in [0.05, 0.1) is 0 Å². The topological polar surface area (TPSA) is 39.1 Å². The zero-order valence-electron chi connectivity index (χ0n) is 17.6. The minimum atomic E-state index is -0.638. The summed E-state index contributed by atoms with van der Waals surface area (Å²) in [6.45, 7) is 3.56. The molecule has 160 valence electrons. The molecule has 3 aromatic carbocycles. The number of hydrogen-bond donors (Lipinski definition) is 0. The molecule has 0 N–H and O–H groups in total. The van der Waals surface area contributed by atoms with Crippen molar-refractivity contribution >= 4 is 16.6 Å². The highest BCUT2D eigenvalue weighted by Gasteiger charge is 2.18. The molecular weight excluding hydrogens is 408 g/mol. The fraction of sp³-hybridized carbons (Fsp3) is 0.111. The maximum absolute atomic E-state index is 14.5. The molecule has 3 nitrogen and oxygen atoms in total. The molecule has 4 rings (SSSR count). The number of nitrogens with zero attached hydrogens (tertiary/aromatic N) is 1. The van der Waals surface area contributed by atoms with E-state index in [1.807, 2.05) is 30.3 Å². The van der Waals surface area contributed by atoms with Crippen molar-refractivity contribution in [1.82, 2.24) is 4.57 Å². The summed E-state index contributed by atoms with van der Waals surface area (Å²) in [4.78, 5) is 24.9. The maximum Gasteiger partial charge on any atom is 0.258 e. The van der Waals surface area contributed by atoms with Gasteiger partial charge in [0.2, 0.25) is 0 Å². The van der Waals surface area contributed by atoms with Gasteiger partial charge < -0.3 is 4.57 Å². The van der Waals surface area contributed by atoms with Crippen molar-refractivity contribution in [3.05, 3.63) is 118 Å². The molecule has 0 unspecified atom stereocenters. The number of pyridine rings is 1. The predicted octanol–water partition coefficient (Wildman–Crippen LogP) is 5.37. The SMILES string of the molecule is C=CC(=O)Cc1cccc(Cc2ccc(F)cc2F)c1-c1cn(C)c(=O)c2ccccc12. The average Bonchev–Trinajstić information content (AvgIpc) is 2.78. The average molecular weight is 429 g/mol. The van der Waals surface area contributed by atoms with Crippen LogP contribution in [0.2, 0.25) is 0 Å². The van der Waals surface area contributed by atoms with Gasteiger partial charge in [0.25, 0.3) is 5.56 Å². The van der Waals surface area contributed by atoms with Crippen molar-refractivity contribution in [2.45, 2.75) is 12.8 Å². The van der Waals surface area contributed by atoms with Gasteiger partial charge in [-0.05, 0) is 45.8 Å². The van der Waals surface area contributed by atoms with Crippen LogP contribution in [-0.4, -0.2) is 10.4 Å². The van der Waals surface area contributed by atoms with Crippen LogP contribution >= 0.6 is 0 Å². The molecule has 0 bridgehead atoms. The van der Waals surface area contributed by atoms with Crippen LogP contribution < -0.4 is 5.56 Å². The number of rotatable bonds is 6. The fourth-order valence-electron chi connectivity index (χ4n) is 4.04. The Morgan fingerprint density at radius 1 is 0.969 bits per heavy atom. The third-order valence-electron chi connectivity index (χ3n) is 5.59. The van der Waals surface area contributed by atoms with E-state index in [1.54, 1.807) is 25.4 Å². The highest BCUT2D eigenvalue weighted by atomic mass is 19.1. The Morgan fingerprint density at radius 3 is 2.41 bits per heavy atom. The lowest BCUT2D eigenvalue weighted by molar-refractivity contribution is -0.114. The number of aromatic nitrogens is 1. The number of fused-ring (bicyclic) bond motifs is 1. The lowest BCUT2D eigenvalue weighted by Crippen LogP contribution is -2.17. The second kappa shape index (κ2) is 8.71. The van der Waals surface area contributed by atoms with E-state index in [-0.39, 0.29) is 24.2 Å². The van der Waals surface area contributed by atoms with E-state index in [1.165, 1.54) is 22.8 Å². The Morgan fingerprint density at radius 2 is 1.69 bits per heavy atom. The third-order valence-corrected chi connectivity index (χ3v) is 5.59. The number of benzene rings is 3. The predicted molar refractivity (Wildman–Crippen MR) is 123 cm³/mol. The van der Waals surface area contributed by atoms with E-state index >= 15 is 0 Å². The minimum Gasteiger partial charge on any atom is -0.317 e. The molecule has 32 heavy (non-hydrogen) atoms. The Balaban J connectivity index is 2.00. The van der Waals surface area contributed by atoms with Crippen LogP contribution in [0.25, 0.3) is 21.9 Å². The molecule has 4 aromatic rings. The van der Waals surface area contributed by atoms with Gasteiger partial charge in [-0.3, -0.25) is 9.59 Å². The van der Waals surface area contributed by atoms with Gasteiger partial charge in [0.1, 0.15) is 11.6 Å². The van der Waals surface area contributed by atoms with E-state index in [2.05, 4.69) is 6.58 Å². The Kier molecular flexibility index (Phi) is 5.82. The second-order valence-electron chi connectivity index (χ2n) is 7.72. The van der Waals surface area contributed by atoms with Crippen LogP contribution in [0.15, 0.2) is 84.3 Å². The van der Waals surface area contributed by atoms with Crippen molar-refractivity contribution < 1.29 is 13.6 Å². The van der Waals surface area contributed by atoms with Gasteiger partial charge in [-0.25, -0.2) is 8.78 Å². The summed E-state index contributed by atoms with van der Waals surface area (Å²) in [5.41, 5.74) is 3.27. The quantitative estimate of drug-likeness (QED) is 0.387. The maximum atomic E-state index is 14.5. The molecule has 0 fully saturated rings. The molecule has 5 heteroatoms. The number of carbonyl (C=O) groups excluding carboxylic acids is 1. The number of aryl methyl sites for hydroxylation is 1. The first kappa shape index (κ1) is 21.4. The molecule has 0 saturated carbocycles. The van der Waals surface area contributed by atoms with Crippen molar-refractivity contribution in [3.63, 3.8) is 0 Å². The van der Waals surface area contributed by atoms with Gasteiger partial charge >= 0.3 is 0 Å². The number of carbonyl (C=O) groups is 1. The number of ketones is 1. The standard InChI is InChI=1S/C27H21F2NO2/c1-3-21(31)14-19-8-6-7-18(13-17-11-12-20(28)15-25(17)29)26(19)24-16-30(2)27(32)23-10-5-4-9-22(23)24/h3-12,15-16H,1,13-14H2,2H3. The molecule has 0 aliphatic rings. The van der Waals surface area contributed by atoms with Crippen molar-refractivity contribution in [2.24, 2.45) is 7.05 Å². The van der Waals surface area contributed by atoms with Crippen molar-refractivity contribution in [2.75, 3.05) is 0 Å². The number of halogens is 2. The van der Waals surface area contributed by atoms with Crippen molar-refractivity contribution in [1.29, 1.82) is 0 Å². The van der Waals surface area contributed by atoms with Crippen LogP contribution in [0.1, 0.15) is 16.7 Å². The summed E-state index contributed by atoms with van der Waals surface area (Å²) < 4.78 is 29.4. The summed E-state index contributed by atoms with van der Waals surface area (Å²) >= 11 is 0. The molecule has 1 heterocycles. The number of hydrogen-bond acceptors (Lipinski definition) is 2. The lowest BCUT2D eigenvalue weighted by Gasteiger charge is -2.18. The van der Waals surface area contributed by atoms with Crippen LogP contribution in [0, 0.1) is 11.6 Å². The first-order valence-corrected chi connectivity index (χ1v) is 10.2. The van der Waals surface area contributed by atoms with Crippen LogP contribution in [-0.2, 0) is 24.7 Å². The zero-order chi connectivity index (χ0) is 22.8. The summed E-state index contributed by atoms with van der Waals surface area (Å²) in [5, 5.41) is 1.30. The first-order valence-electron chi connectivity index (χ1n) is 10.2. The van der Waals surface area contributed by atoms with Crippen molar-refractivity contribution in [3.8, 4) is 11.1 Å². The molecule has 0 amide bonds. The van der Waals surface area contributed by atoms with Gasteiger partial charge in [0.15, 0.2) is 5.78 Å². The van der Waals surface area contributed by atoms with E-state index in [9.17, 15) is 18.4 Å².